The number of benzene rings is 1. The van der Waals surface area contributed by atoms with E-state index in [9.17, 15) is 4.79 Å². The molecule has 1 heterocycles. The fourth-order valence-electron chi connectivity index (χ4n) is 1.30. The minimum absolute atomic E-state index is 0.320. The molecule has 0 saturated carbocycles. The molecule has 5 heteroatoms. The molecular formula is C12H11N3OS. The molecule has 0 unspecified atom stereocenters. The Morgan fingerprint density at radius 3 is 2.65 bits per heavy atom. The Bertz CT molecular complexity index is 516. The van der Waals surface area contributed by atoms with Crippen molar-refractivity contribution < 1.29 is 4.79 Å². The van der Waals surface area contributed by atoms with Gasteiger partial charge in [-0.15, -0.1) is 12.6 Å². The molecule has 4 nitrogen and oxygen atoms in total. The number of urea groups is 1. The number of carbonyl (C=O) groups excluding carboxylic acids is 1. The molecule has 0 aliphatic rings. The Hall–Kier alpha value is -2.01. The van der Waals surface area contributed by atoms with Crippen molar-refractivity contribution in [1.29, 1.82) is 0 Å². The molecule has 1 aromatic heterocycles. The summed E-state index contributed by atoms with van der Waals surface area (Å²) in [5, 5.41) is 5.38. The van der Waals surface area contributed by atoms with Crippen molar-refractivity contribution in [2.75, 3.05) is 10.6 Å². The van der Waals surface area contributed by atoms with E-state index in [4.69, 9.17) is 0 Å². The van der Waals surface area contributed by atoms with Crippen LogP contribution in [0.4, 0.5) is 16.2 Å². The first-order chi connectivity index (χ1) is 8.25. The minimum atomic E-state index is -0.320. The maximum atomic E-state index is 11.7. The van der Waals surface area contributed by atoms with E-state index in [1.807, 2.05) is 18.2 Å². The summed E-state index contributed by atoms with van der Waals surface area (Å²) < 4.78 is 0. The van der Waals surface area contributed by atoms with E-state index in [1.165, 1.54) is 0 Å². The van der Waals surface area contributed by atoms with E-state index < -0.39 is 0 Å². The quantitative estimate of drug-likeness (QED) is 0.712. The molecule has 2 rings (SSSR count). The van der Waals surface area contributed by atoms with Crippen LogP contribution in [0, 0.1) is 0 Å². The molecule has 0 radical (unpaired) electrons. The number of amides is 2. The largest absolute Gasteiger partial charge is 0.323 e. The van der Waals surface area contributed by atoms with E-state index in [0.717, 1.165) is 0 Å². The number of anilines is 2. The third-order valence-electron chi connectivity index (χ3n) is 2.07. The smallest absolute Gasteiger partial charge is 0.307 e. The molecule has 17 heavy (non-hydrogen) atoms. The van der Waals surface area contributed by atoms with Gasteiger partial charge in [0.15, 0.2) is 0 Å². The number of hydrogen-bond donors (Lipinski definition) is 3. The number of carbonyl (C=O) groups is 1. The third-order valence-corrected chi connectivity index (χ3v) is 2.46. The summed E-state index contributed by atoms with van der Waals surface area (Å²) in [6, 6.07) is 10.5. The van der Waals surface area contributed by atoms with Crippen LogP contribution >= 0.6 is 12.6 Å². The van der Waals surface area contributed by atoms with E-state index in [-0.39, 0.29) is 6.03 Å². The van der Waals surface area contributed by atoms with Gasteiger partial charge in [0.25, 0.3) is 0 Å². The Morgan fingerprint density at radius 2 is 1.94 bits per heavy atom. The van der Waals surface area contributed by atoms with Gasteiger partial charge in [0.2, 0.25) is 0 Å². The van der Waals surface area contributed by atoms with Crippen LogP contribution in [0.25, 0.3) is 0 Å². The van der Waals surface area contributed by atoms with Crippen LogP contribution in [-0.4, -0.2) is 11.0 Å². The number of para-hydroxylation sites is 1. The van der Waals surface area contributed by atoms with Crippen LogP contribution in [0.15, 0.2) is 53.7 Å². The molecule has 0 saturated heterocycles. The van der Waals surface area contributed by atoms with Gasteiger partial charge in [0.05, 0.1) is 17.6 Å². The molecule has 2 aromatic rings. The number of aromatic nitrogens is 1. The van der Waals surface area contributed by atoms with Crippen molar-refractivity contribution in [3.63, 3.8) is 0 Å². The van der Waals surface area contributed by atoms with E-state index in [2.05, 4.69) is 28.2 Å². The molecule has 2 N–H and O–H groups in total. The fraction of sp³-hybridized carbons (Fsp3) is 0. The number of nitrogens with one attached hydrogen (secondary N) is 2. The number of nitrogens with zero attached hydrogens (tertiary/aromatic N) is 1. The van der Waals surface area contributed by atoms with Gasteiger partial charge in [0, 0.05) is 11.1 Å². The predicted octanol–water partition coefficient (Wildman–Crippen LogP) is 3.01. The summed E-state index contributed by atoms with van der Waals surface area (Å²) in [6.45, 7) is 0. The Morgan fingerprint density at radius 1 is 1.12 bits per heavy atom. The van der Waals surface area contributed by atoms with Gasteiger partial charge in [0.1, 0.15) is 0 Å². The fourth-order valence-corrected chi connectivity index (χ4v) is 1.52. The number of rotatable bonds is 2. The summed E-state index contributed by atoms with van der Waals surface area (Å²) in [6.07, 6.45) is 3.22. The molecule has 0 fully saturated rings. The van der Waals surface area contributed by atoms with Gasteiger partial charge < -0.3 is 10.6 Å². The highest BCUT2D eigenvalue weighted by atomic mass is 32.1. The highest BCUT2D eigenvalue weighted by molar-refractivity contribution is 7.80. The first-order valence-electron chi connectivity index (χ1n) is 5.02. The standard InChI is InChI=1S/C12H11N3OS/c16-12(14-9-4-3-7-13-8-9)15-10-5-1-2-6-11(10)17/h1-8,17H,(H2,14,15,16). The van der Waals surface area contributed by atoms with Crippen molar-refractivity contribution in [1.82, 2.24) is 4.98 Å². The number of pyridine rings is 1. The first-order valence-corrected chi connectivity index (χ1v) is 5.46. The van der Waals surface area contributed by atoms with Crippen molar-refractivity contribution in [3.8, 4) is 0 Å². The number of hydrogen-bond acceptors (Lipinski definition) is 3. The Labute approximate surface area is 104 Å². The van der Waals surface area contributed by atoms with Gasteiger partial charge >= 0.3 is 6.03 Å². The van der Waals surface area contributed by atoms with Crippen molar-refractivity contribution in [2.45, 2.75) is 4.90 Å². The van der Waals surface area contributed by atoms with E-state index >= 15 is 0 Å². The zero-order chi connectivity index (χ0) is 12.1. The van der Waals surface area contributed by atoms with Crippen LogP contribution in [0.3, 0.4) is 0 Å². The zero-order valence-electron chi connectivity index (χ0n) is 8.92. The SMILES string of the molecule is O=C(Nc1cccnc1)Nc1ccccc1S. The summed E-state index contributed by atoms with van der Waals surface area (Å²) in [5.41, 5.74) is 1.30. The molecular weight excluding hydrogens is 234 g/mol. The Kier molecular flexibility index (Phi) is 3.62. The minimum Gasteiger partial charge on any atom is -0.307 e. The summed E-state index contributed by atoms with van der Waals surface area (Å²) in [5.74, 6) is 0. The zero-order valence-corrected chi connectivity index (χ0v) is 9.82. The summed E-state index contributed by atoms with van der Waals surface area (Å²) in [4.78, 5) is 16.3. The molecule has 0 atom stereocenters. The Balaban J connectivity index is 2.01. The van der Waals surface area contributed by atoms with E-state index in [1.54, 1.807) is 30.6 Å². The maximum Gasteiger partial charge on any atom is 0.323 e. The maximum absolute atomic E-state index is 11.7. The van der Waals surface area contributed by atoms with Gasteiger partial charge in [-0.2, -0.15) is 0 Å². The lowest BCUT2D eigenvalue weighted by atomic mass is 10.3. The van der Waals surface area contributed by atoms with Crippen LogP contribution < -0.4 is 10.6 Å². The monoisotopic (exact) mass is 245 g/mol. The lowest BCUT2D eigenvalue weighted by Gasteiger charge is -2.08. The van der Waals surface area contributed by atoms with Crippen molar-refractivity contribution >= 4 is 30.0 Å². The third kappa shape index (κ3) is 3.22. The first kappa shape index (κ1) is 11.5. The van der Waals surface area contributed by atoms with Crippen LogP contribution in [-0.2, 0) is 0 Å². The summed E-state index contributed by atoms with van der Waals surface area (Å²) >= 11 is 4.24. The van der Waals surface area contributed by atoms with Crippen molar-refractivity contribution in [2.24, 2.45) is 0 Å². The summed E-state index contributed by atoms with van der Waals surface area (Å²) in [7, 11) is 0. The van der Waals surface area contributed by atoms with Gasteiger partial charge in [-0.3, -0.25) is 4.98 Å². The topological polar surface area (TPSA) is 54.0 Å². The average Bonchev–Trinajstić information content (AvgIpc) is 2.33. The molecule has 0 spiro atoms. The lowest BCUT2D eigenvalue weighted by molar-refractivity contribution is 0.262. The second-order valence-corrected chi connectivity index (χ2v) is 3.82. The molecule has 0 aliphatic carbocycles. The van der Waals surface area contributed by atoms with Crippen LogP contribution in [0.5, 0.6) is 0 Å². The normalized spacial score (nSPS) is 9.71. The molecule has 2 amide bonds. The average molecular weight is 245 g/mol. The number of thiol groups is 1. The van der Waals surface area contributed by atoms with Gasteiger partial charge in [-0.05, 0) is 24.3 Å². The highest BCUT2D eigenvalue weighted by Crippen LogP contribution is 2.18. The van der Waals surface area contributed by atoms with E-state index in [0.29, 0.717) is 16.3 Å². The van der Waals surface area contributed by atoms with Gasteiger partial charge in [-0.25, -0.2) is 4.79 Å². The van der Waals surface area contributed by atoms with Crippen molar-refractivity contribution in [3.05, 3.63) is 48.8 Å². The van der Waals surface area contributed by atoms with Crippen LogP contribution in [0.2, 0.25) is 0 Å². The molecule has 0 aliphatic heterocycles. The second-order valence-electron chi connectivity index (χ2n) is 3.34. The second kappa shape index (κ2) is 5.36. The molecule has 86 valence electrons. The van der Waals surface area contributed by atoms with Crippen LogP contribution in [0.1, 0.15) is 0 Å². The highest BCUT2D eigenvalue weighted by Gasteiger charge is 2.04. The predicted molar refractivity (Wildman–Crippen MR) is 70.6 cm³/mol. The molecule has 0 bridgehead atoms. The molecule has 1 aromatic carbocycles. The van der Waals surface area contributed by atoms with Gasteiger partial charge in [-0.1, -0.05) is 12.1 Å². The lowest BCUT2D eigenvalue weighted by Crippen LogP contribution is -2.19.